The second-order valence-electron chi connectivity index (χ2n) is 3.86. The molecule has 0 aliphatic rings. The lowest BCUT2D eigenvalue weighted by molar-refractivity contribution is 1.11. The van der Waals surface area contributed by atoms with Crippen LogP contribution in [0.4, 0.5) is 5.69 Å². The minimum Gasteiger partial charge on any atom is -0.325 e. The maximum Gasteiger partial charge on any atom is 0.274 e. The number of rotatable bonds is 2. The van der Waals surface area contributed by atoms with Gasteiger partial charge in [0.1, 0.15) is 5.69 Å². The number of nitrogens with one attached hydrogen (secondary N) is 1. The Morgan fingerprint density at radius 3 is 2.88 bits per heavy atom. The Hall–Kier alpha value is -2.23. The van der Waals surface area contributed by atoms with E-state index in [1.807, 2.05) is 32.0 Å². The van der Waals surface area contributed by atoms with Gasteiger partial charge in [0, 0.05) is 29.9 Å². The fourth-order valence-corrected chi connectivity index (χ4v) is 1.60. The largest absolute Gasteiger partial charge is 0.325 e. The highest BCUT2D eigenvalue weighted by molar-refractivity contribution is 5.81. The molecule has 2 rings (SSSR count). The van der Waals surface area contributed by atoms with E-state index in [2.05, 4.69) is 15.0 Å². The summed E-state index contributed by atoms with van der Waals surface area (Å²) in [4.78, 5) is 22.6. The zero-order valence-electron chi connectivity index (χ0n) is 9.77. The van der Waals surface area contributed by atoms with Crippen molar-refractivity contribution in [1.82, 2.24) is 9.97 Å². The second kappa shape index (κ2) is 4.74. The van der Waals surface area contributed by atoms with E-state index in [4.69, 9.17) is 0 Å². The van der Waals surface area contributed by atoms with Crippen LogP contribution in [0.5, 0.6) is 0 Å². The topological polar surface area (TPSA) is 58.1 Å². The van der Waals surface area contributed by atoms with Gasteiger partial charge in [-0.05, 0) is 31.5 Å². The monoisotopic (exact) mass is 227 g/mol. The van der Waals surface area contributed by atoms with E-state index >= 15 is 0 Å². The van der Waals surface area contributed by atoms with Crippen LogP contribution < -0.4 is 5.56 Å². The molecule has 0 fully saturated rings. The molecule has 0 unspecified atom stereocenters. The van der Waals surface area contributed by atoms with Gasteiger partial charge in [0.25, 0.3) is 5.56 Å². The minimum atomic E-state index is -0.164. The molecular formula is C13H13N3O. The standard InChI is InChI=1S/C13H13N3O/c1-9-6-10(2)16-13(17)12(9)15-8-11-4-3-5-14-7-11/h3-8H,1-2H3,(H,16,17). The summed E-state index contributed by atoms with van der Waals surface area (Å²) in [6.07, 6.45) is 5.03. The number of hydrogen-bond donors (Lipinski definition) is 1. The van der Waals surface area contributed by atoms with Crippen LogP contribution in [0.2, 0.25) is 0 Å². The Balaban J connectivity index is 2.37. The summed E-state index contributed by atoms with van der Waals surface area (Å²) in [7, 11) is 0. The van der Waals surface area contributed by atoms with E-state index in [1.54, 1.807) is 18.6 Å². The molecule has 2 heterocycles. The molecule has 0 saturated heterocycles. The first kappa shape index (κ1) is 11.3. The fraction of sp³-hybridized carbons (Fsp3) is 0.154. The Morgan fingerprint density at radius 1 is 1.41 bits per heavy atom. The van der Waals surface area contributed by atoms with Gasteiger partial charge in [-0.25, -0.2) is 0 Å². The van der Waals surface area contributed by atoms with Crippen LogP contribution in [0, 0.1) is 13.8 Å². The molecule has 0 bridgehead atoms. The summed E-state index contributed by atoms with van der Waals surface area (Å²) in [6, 6.07) is 5.61. The predicted molar refractivity (Wildman–Crippen MR) is 68.0 cm³/mol. The van der Waals surface area contributed by atoms with Gasteiger partial charge in [-0.2, -0.15) is 0 Å². The number of nitrogens with zero attached hydrogens (tertiary/aromatic N) is 2. The average Bonchev–Trinajstić information content (AvgIpc) is 2.29. The Labute approximate surface area is 99.1 Å². The number of aryl methyl sites for hydroxylation is 2. The number of aromatic nitrogens is 2. The molecule has 1 N–H and O–H groups in total. The highest BCUT2D eigenvalue weighted by Crippen LogP contribution is 2.12. The maximum atomic E-state index is 11.7. The summed E-state index contributed by atoms with van der Waals surface area (Å²) in [6.45, 7) is 3.72. The molecule has 0 aromatic carbocycles. The van der Waals surface area contributed by atoms with Crippen molar-refractivity contribution in [2.45, 2.75) is 13.8 Å². The number of aromatic amines is 1. The summed E-state index contributed by atoms with van der Waals surface area (Å²) in [5, 5.41) is 0. The molecule has 0 radical (unpaired) electrons. The maximum absolute atomic E-state index is 11.7. The van der Waals surface area contributed by atoms with Crippen molar-refractivity contribution in [2.24, 2.45) is 4.99 Å². The average molecular weight is 227 g/mol. The van der Waals surface area contributed by atoms with Crippen molar-refractivity contribution in [1.29, 1.82) is 0 Å². The molecule has 4 nitrogen and oxygen atoms in total. The lowest BCUT2D eigenvalue weighted by Gasteiger charge is -2.00. The molecule has 0 atom stereocenters. The van der Waals surface area contributed by atoms with Gasteiger partial charge in [-0.15, -0.1) is 0 Å². The van der Waals surface area contributed by atoms with Crippen LogP contribution in [-0.4, -0.2) is 16.2 Å². The smallest absolute Gasteiger partial charge is 0.274 e. The SMILES string of the molecule is Cc1cc(C)c(N=Cc2cccnc2)c(=O)[nH]1. The van der Waals surface area contributed by atoms with Crippen molar-refractivity contribution in [3.05, 3.63) is 57.8 Å². The van der Waals surface area contributed by atoms with Crippen molar-refractivity contribution in [3.8, 4) is 0 Å². The molecule has 2 aromatic heterocycles. The van der Waals surface area contributed by atoms with Crippen molar-refractivity contribution >= 4 is 11.9 Å². The minimum absolute atomic E-state index is 0.164. The van der Waals surface area contributed by atoms with E-state index in [0.717, 1.165) is 16.8 Å². The highest BCUT2D eigenvalue weighted by atomic mass is 16.1. The third-order valence-corrected chi connectivity index (χ3v) is 2.36. The Kier molecular flexibility index (Phi) is 3.14. The fourth-order valence-electron chi connectivity index (χ4n) is 1.60. The van der Waals surface area contributed by atoms with Crippen LogP contribution in [0.1, 0.15) is 16.8 Å². The van der Waals surface area contributed by atoms with Crippen LogP contribution in [0.25, 0.3) is 0 Å². The van der Waals surface area contributed by atoms with E-state index in [-0.39, 0.29) is 5.56 Å². The molecule has 0 amide bonds. The normalized spacial score (nSPS) is 10.9. The van der Waals surface area contributed by atoms with Gasteiger partial charge < -0.3 is 4.98 Å². The molecule has 0 spiro atoms. The third-order valence-electron chi connectivity index (χ3n) is 2.36. The first-order valence-corrected chi connectivity index (χ1v) is 5.31. The third kappa shape index (κ3) is 2.66. The summed E-state index contributed by atoms with van der Waals surface area (Å²) in [5.41, 5.74) is 2.85. The van der Waals surface area contributed by atoms with Gasteiger partial charge in [0.15, 0.2) is 0 Å². The zero-order valence-corrected chi connectivity index (χ0v) is 9.77. The summed E-state index contributed by atoms with van der Waals surface area (Å²) < 4.78 is 0. The first-order valence-electron chi connectivity index (χ1n) is 5.31. The van der Waals surface area contributed by atoms with Crippen molar-refractivity contribution < 1.29 is 0 Å². The first-order chi connectivity index (χ1) is 8.16. The Morgan fingerprint density at radius 2 is 2.24 bits per heavy atom. The summed E-state index contributed by atoms with van der Waals surface area (Å²) >= 11 is 0. The number of pyridine rings is 2. The van der Waals surface area contributed by atoms with Crippen molar-refractivity contribution in [2.75, 3.05) is 0 Å². The van der Waals surface area contributed by atoms with E-state index in [1.165, 1.54) is 0 Å². The van der Waals surface area contributed by atoms with Gasteiger partial charge in [0.2, 0.25) is 0 Å². The van der Waals surface area contributed by atoms with Gasteiger partial charge in [-0.1, -0.05) is 6.07 Å². The summed E-state index contributed by atoms with van der Waals surface area (Å²) in [5.74, 6) is 0. The lowest BCUT2D eigenvalue weighted by Crippen LogP contribution is -2.08. The van der Waals surface area contributed by atoms with Crippen LogP contribution in [0.15, 0.2) is 40.4 Å². The van der Waals surface area contributed by atoms with Crippen LogP contribution in [0.3, 0.4) is 0 Å². The highest BCUT2D eigenvalue weighted by Gasteiger charge is 2.02. The second-order valence-corrected chi connectivity index (χ2v) is 3.86. The quantitative estimate of drug-likeness (QED) is 0.799. The number of aliphatic imine (C=N–C) groups is 1. The van der Waals surface area contributed by atoms with Crippen LogP contribution >= 0.6 is 0 Å². The van der Waals surface area contributed by atoms with Crippen LogP contribution in [-0.2, 0) is 0 Å². The van der Waals surface area contributed by atoms with Gasteiger partial charge in [-0.3, -0.25) is 14.8 Å². The Bertz CT molecular complexity index is 600. The number of hydrogen-bond acceptors (Lipinski definition) is 3. The van der Waals surface area contributed by atoms with Crippen molar-refractivity contribution in [3.63, 3.8) is 0 Å². The van der Waals surface area contributed by atoms with Gasteiger partial charge in [0.05, 0.1) is 0 Å². The molecule has 17 heavy (non-hydrogen) atoms. The van der Waals surface area contributed by atoms with E-state index < -0.39 is 0 Å². The molecule has 4 heteroatoms. The lowest BCUT2D eigenvalue weighted by atomic mass is 10.2. The molecular weight excluding hydrogens is 214 g/mol. The van der Waals surface area contributed by atoms with Gasteiger partial charge >= 0.3 is 0 Å². The molecule has 0 aliphatic heterocycles. The predicted octanol–water partition coefficient (Wildman–Crippen LogP) is 2.14. The molecule has 2 aromatic rings. The van der Waals surface area contributed by atoms with E-state index in [0.29, 0.717) is 5.69 Å². The number of H-pyrrole nitrogens is 1. The zero-order chi connectivity index (χ0) is 12.3. The molecule has 86 valence electrons. The molecule has 0 saturated carbocycles. The van der Waals surface area contributed by atoms with E-state index in [9.17, 15) is 4.79 Å². The molecule has 0 aliphatic carbocycles.